The fourth-order valence-electron chi connectivity index (χ4n) is 3.37. The van der Waals surface area contributed by atoms with Crippen LogP contribution >= 0.6 is 11.6 Å². The predicted octanol–water partition coefficient (Wildman–Crippen LogP) is 5.08. The fourth-order valence-corrected chi connectivity index (χ4v) is 3.49. The van der Waals surface area contributed by atoms with Gasteiger partial charge in [0.1, 0.15) is 0 Å². The smallest absolute Gasteiger partial charge is 0.0406 e. The Morgan fingerprint density at radius 1 is 1.20 bits per heavy atom. The van der Waals surface area contributed by atoms with E-state index in [2.05, 4.69) is 38.2 Å². The van der Waals surface area contributed by atoms with Crippen molar-refractivity contribution in [1.82, 2.24) is 5.32 Å². The van der Waals surface area contributed by atoms with E-state index in [0.717, 1.165) is 23.9 Å². The number of halogens is 1. The van der Waals surface area contributed by atoms with Gasteiger partial charge in [0.15, 0.2) is 0 Å². The molecule has 2 heteroatoms. The Morgan fingerprint density at radius 2 is 1.80 bits per heavy atom. The summed E-state index contributed by atoms with van der Waals surface area (Å²) in [5, 5.41) is 4.54. The van der Waals surface area contributed by atoms with Crippen molar-refractivity contribution in [2.24, 2.45) is 11.3 Å². The molecular formula is C18H28ClN. The highest BCUT2D eigenvalue weighted by Crippen LogP contribution is 2.39. The maximum Gasteiger partial charge on any atom is 0.0406 e. The minimum absolute atomic E-state index is 0.549. The summed E-state index contributed by atoms with van der Waals surface area (Å²) in [7, 11) is 0. The first-order chi connectivity index (χ1) is 9.50. The average molecular weight is 294 g/mol. The summed E-state index contributed by atoms with van der Waals surface area (Å²) in [6.07, 6.45) is 6.56. The van der Waals surface area contributed by atoms with Crippen LogP contribution in [-0.4, -0.2) is 12.6 Å². The van der Waals surface area contributed by atoms with Crippen molar-refractivity contribution in [2.75, 3.05) is 6.54 Å². The van der Waals surface area contributed by atoms with Gasteiger partial charge in [-0.25, -0.2) is 0 Å². The summed E-state index contributed by atoms with van der Waals surface area (Å²) in [4.78, 5) is 0. The Morgan fingerprint density at radius 3 is 2.35 bits per heavy atom. The molecule has 1 nitrogen and oxygen atoms in total. The van der Waals surface area contributed by atoms with Crippen LogP contribution in [0.15, 0.2) is 24.3 Å². The van der Waals surface area contributed by atoms with E-state index in [1.54, 1.807) is 0 Å². The second kappa shape index (κ2) is 6.95. The van der Waals surface area contributed by atoms with Crippen LogP contribution in [0.2, 0.25) is 5.02 Å². The predicted molar refractivity (Wildman–Crippen MR) is 88.4 cm³/mol. The number of rotatable bonds is 5. The number of likely N-dealkylation sites (N-methyl/N-ethyl adjacent to an activating group) is 1. The molecular weight excluding hydrogens is 266 g/mol. The lowest BCUT2D eigenvalue weighted by atomic mass is 9.70. The SMILES string of the molecule is CCNC(Cc1ccc(Cl)cc1)C1CCC(C)(C)CC1. The first-order valence-electron chi connectivity index (χ1n) is 7.98. The van der Waals surface area contributed by atoms with Crippen LogP contribution in [0.1, 0.15) is 52.0 Å². The van der Waals surface area contributed by atoms with E-state index in [9.17, 15) is 0 Å². The van der Waals surface area contributed by atoms with Gasteiger partial charge in [0.05, 0.1) is 0 Å². The third kappa shape index (κ3) is 4.49. The monoisotopic (exact) mass is 293 g/mol. The van der Waals surface area contributed by atoms with Crippen LogP contribution in [0.4, 0.5) is 0 Å². The zero-order valence-corrected chi connectivity index (χ0v) is 13.8. The van der Waals surface area contributed by atoms with Crippen LogP contribution in [0.5, 0.6) is 0 Å². The molecule has 1 N–H and O–H groups in total. The summed E-state index contributed by atoms with van der Waals surface area (Å²) in [6, 6.07) is 8.95. The molecule has 1 unspecified atom stereocenters. The van der Waals surface area contributed by atoms with Gasteiger partial charge in [0.2, 0.25) is 0 Å². The largest absolute Gasteiger partial charge is 0.314 e. The van der Waals surface area contributed by atoms with Gasteiger partial charge in [0, 0.05) is 11.1 Å². The molecule has 0 bridgehead atoms. The standard InChI is InChI=1S/C18H28ClN/c1-4-20-17(13-14-5-7-16(19)8-6-14)15-9-11-18(2,3)12-10-15/h5-8,15,17,20H,4,9-13H2,1-3H3. The van der Waals surface area contributed by atoms with Crippen molar-refractivity contribution in [3.63, 3.8) is 0 Å². The second-order valence-corrected chi connectivity index (χ2v) is 7.43. The fraction of sp³-hybridized carbons (Fsp3) is 0.667. The Hall–Kier alpha value is -0.530. The van der Waals surface area contributed by atoms with E-state index in [0.29, 0.717) is 11.5 Å². The van der Waals surface area contributed by atoms with Crippen LogP contribution < -0.4 is 5.32 Å². The van der Waals surface area contributed by atoms with Gasteiger partial charge in [-0.3, -0.25) is 0 Å². The molecule has 1 aromatic rings. The molecule has 1 aliphatic rings. The Bertz CT molecular complexity index is 400. The molecule has 1 atom stereocenters. The molecule has 0 radical (unpaired) electrons. The summed E-state index contributed by atoms with van der Waals surface area (Å²) in [5.74, 6) is 0.818. The first-order valence-corrected chi connectivity index (χ1v) is 8.36. The van der Waals surface area contributed by atoms with Gasteiger partial charge >= 0.3 is 0 Å². The topological polar surface area (TPSA) is 12.0 Å². The van der Waals surface area contributed by atoms with E-state index in [1.807, 2.05) is 12.1 Å². The highest BCUT2D eigenvalue weighted by molar-refractivity contribution is 6.30. The van der Waals surface area contributed by atoms with Gasteiger partial charge in [-0.1, -0.05) is 44.5 Å². The third-order valence-corrected chi connectivity index (χ3v) is 5.04. The lowest BCUT2D eigenvalue weighted by molar-refractivity contribution is 0.161. The number of nitrogens with one attached hydrogen (secondary N) is 1. The average Bonchev–Trinajstić information content (AvgIpc) is 2.41. The maximum atomic E-state index is 5.97. The molecule has 112 valence electrons. The molecule has 20 heavy (non-hydrogen) atoms. The molecule has 2 rings (SSSR count). The quantitative estimate of drug-likeness (QED) is 0.798. The number of hydrogen-bond acceptors (Lipinski definition) is 1. The zero-order valence-electron chi connectivity index (χ0n) is 13.1. The minimum atomic E-state index is 0.549. The minimum Gasteiger partial charge on any atom is -0.314 e. The van der Waals surface area contributed by atoms with Crippen molar-refractivity contribution in [2.45, 2.75) is 58.9 Å². The van der Waals surface area contributed by atoms with Crippen molar-refractivity contribution in [3.05, 3.63) is 34.9 Å². The Labute approximate surface area is 129 Å². The molecule has 0 amide bonds. The van der Waals surface area contributed by atoms with Crippen LogP contribution in [0.25, 0.3) is 0 Å². The lowest BCUT2D eigenvalue weighted by Crippen LogP contribution is -2.40. The van der Waals surface area contributed by atoms with Gasteiger partial charge in [-0.15, -0.1) is 0 Å². The summed E-state index contributed by atoms with van der Waals surface area (Å²) < 4.78 is 0. The molecule has 0 aliphatic heterocycles. The van der Waals surface area contributed by atoms with Gasteiger partial charge in [-0.2, -0.15) is 0 Å². The highest BCUT2D eigenvalue weighted by Gasteiger charge is 2.30. The van der Waals surface area contributed by atoms with Crippen LogP contribution in [-0.2, 0) is 6.42 Å². The maximum absolute atomic E-state index is 5.97. The van der Waals surface area contributed by atoms with Crippen molar-refractivity contribution >= 4 is 11.6 Å². The normalized spacial score (nSPS) is 20.8. The molecule has 1 saturated carbocycles. The first kappa shape index (κ1) is 15.9. The molecule has 1 fully saturated rings. The van der Waals surface area contributed by atoms with Crippen molar-refractivity contribution < 1.29 is 0 Å². The zero-order chi connectivity index (χ0) is 14.6. The van der Waals surface area contributed by atoms with E-state index < -0.39 is 0 Å². The van der Waals surface area contributed by atoms with E-state index in [-0.39, 0.29) is 0 Å². The lowest BCUT2D eigenvalue weighted by Gasteiger charge is -2.38. The van der Waals surface area contributed by atoms with Gasteiger partial charge < -0.3 is 5.32 Å². The molecule has 0 spiro atoms. The van der Waals surface area contributed by atoms with E-state index in [1.165, 1.54) is 31.2 Å². The van der Waals surface area contributed by atoms with Gasteiger partial charge in [0.25, 0.3) is 0 Å². The van der Waals surface area contributed by atoms with Crippen molar-refractivity contribution in [3.8, 4) is 0 Å². The summed E-state index contributed by atoms with van der Waals surface area (Å²) >= 11 is 5.97. The molecule has 1 aromatic carbocycles. The van der Waals surface area contributed by atoms with Crippen molar-refractivity contribution in [1.29, 1.82) is 0 Å². The molecule has 0 saturated heterocycles. The van der Waals surface area contributed by atoms with E-state index >= 15 is 0 Å². The Kier molecular flexibility index (Phi) is 5.51. The third-order valence-electron chi connectivity index (χ3n) is 4.79. The van der Waals surface area contributed by atoms with Gasteiger partial charge in [-0.05, 0) is 67.7 Å². The highest BCUT2D eigenvalue weighted by atomic mass is 35.5. The molecule has 0 heterocycles. The summed E-state index contributed by atoms with van der Waals surface area (Å²) in [5.41, 5.74) is 1.94. The molecule has 1 aliphatic carbocycles. The van der Waals surface area contributed by atoms with E-state index in [4.69, 9.17) is 11.6 Å². The number of benzene rings is 1. The Balaban J connectivity index is 1.98. The summed E-state index contributed by atoms with van der Waals surface area (Å²) in [6.45, 7) is 8.08. The van der Waals surface area contributed by atoms with Crippen LogP contribution in [0, 0.1) is 11.3 Å². The molecule has 0 aromatic heterocycles. The second-order valence-electron chi connectivity index (χ2n) is 7.00. The number of hydrogen-bond donors (Lipinski definition) is 1. The van der Waals surface area contributed by atoms with Crippen LogP contribution in [0.3, 0.4) is 0 Å².